The van der Waals surface area contributed by atoms with Crippen LogP contribution in [-0.4, -0.2) is 47.7 Å². The molecule has 0 radical (unpaired) electrons. The summed E-state index contributed by atoms with van der Waals surface area (Å²) < 4.78 is 0. The third-order valence-corrected chi connectivity index (χ3v) is 4.76. The second-order valence-electron chi connectivity index (χ2n) is 6.24. The first kappa shape index (κ1) is 14.8. The molecule has 0 spiro atoms. The van der Waals surface area contributed by atoms with Crippen molar-refractivity contribution in [2.75, 3.05) is 19.7 Å². The molecule has 4 heteroatoms. The number of nitrogens with zero attached hydrogens (tertiary/aromatic N) is 1. The number of hydrogen-bond donors (Lipinski definition) is 2. The Bertz CT molecular complexity index is 296. The molecule has 1 aliphatic heterocycles. The molecular weight excluding hydrogens is 240 g/mol. The highest BCUT2D eigenvalue weighted by molar-refractivity contribution is 5.78. The van der Waals surface area contributed by atoms with Gasteiger partial charge < -0.3 is 10.4 Å². The second kappa shape index (κ2) is 7.25. The molecule has 19 heavy (non-hydrogen) atoms. The van der Waals surface area contributed by atoms with E-state index in [4.69, 9.17) is 0 Å². The van der Waals surface area contributed by atoms with Crippen molar-refractivity contribution >= 4 is 5.91 Å². The molecule has 1 saturated carbocycles. The van der Waals surface area contributed by atoms with Crippen LogP contribution in [0, 0.1) is 5.92 Å². The van der Waals surface area contributed by atoms with Crippen molar-refractivity contribution in [3.63, 3.8) is 0 Å². The lowest BCUT2D eigenvalue weighted by molar-refractivity contribution is -0.124. The van der Waals surface area contributed by atoms with E-state index in [1.54, 1.807) is 0 Å². The number of amides is 1. The van der Waals surface area contributed by atoms with E-state index in [0.717, 1.165) is 25.8 Å². The van der Waals surface area contributed by atoms with E-state index in [-0.39, 0.29) is 18.6 Å². The van der Waals surface area contributed by atoms with Crippen LogP contribution in [-0.2, 0) is 4.79 Å². The van der Waals surface area contributed by atoms with Crippen LogP contribution in [0.1, 0.15) is 51.9 Å². The minimum absolute atomic E-state index is 0.138. The van der Waals surface area contributed by atoms with Gasteiger partial charge in [0.25, 0.3) is 0 Å². The van der Waals surface area contributed by atoms with Gasteiger partial charge in [-0.3, -0.25) is 9.69 Å². The highest BCUT2D eigenvalue weighted by Crippen LogP contribution is 2.23. The molecule has 0 aromatic rings. The Balaban J connectivity index is 1.79. The van der Waals surface area contributed by atoms with Gasteiger partial charge in [0.15, 0.2) is 0 Å². The highest BCUT2D eigenvalue weighted by atomic mass is 16.3. The summed E-state index contributed by atoms with van der Waals surface area (Å²) in [5, 5.41) is 12.6. The molecule has 0 aromatic heterocycles. The van der Waals surface area contributed by atoms with Crippen molar-refractivity contribution in [1.29, 1.82) is 0 Å². The van der Waals surface area contributed by atoms with Gasteiger partial charge in [-0.1, -0.05) is 26.2 Å². The van der Waals surface area contributed by atoms with Gasteiger partial charge in [0.05, 0.1) is 13.2 Å². The van der Waals surface area contributed by atoms with Crippen LogP contribution in [0.3, 0.4) is 0 Å². The van der Waals surface area contributed by atoms with E-state index < -0.39 is 0 Å². The lowest BCUT2D eigenvalue weighted by Gasteiger charge is -2.35. The molecule has 4 nitrogen and oxygen atoms in total. The highest BCUT2D eigenvalue weighted by Gasteiger charge is 2.26. The van der Waals surface area contributed by atoms with Crippen LogP contribution < -0.4 is 5.32 Å². The molecule has 110 valence electrons. The van der Waals surface area contributed by atoms with Gasteiger partial charge in [0, 0.05) is 12.1 Å². The molecule has 1 heterocycles. The van der Waals surface area contributed by atoms with E-state index >= 15 is 0 Å². The maximum atomic E-state index is 12.2. The molecular formula is C15H28N2O2. The molecule has 2 N–H and O–H groups in total. The van der Waals surface area contributed by atoms with Crippen LogP contribution in [0.25, 0.3) is 0 Å². The molecule has 0 aromatic carbocycles. The van der Waals surface area contributed by atoms with E-state index in [1.165, 1.54) is 25.7 Å². The Kier molecular flexibility index (Phi) is 5.64. The second-order valence-corrected chi connectivity index (χ2v) is 6.24. The van der Waals surface area contributed by atoms with Crippen LogP contribution in [0.5, 0.6) is 0 Å². The number of aliphatic hydroxyl groups excluding tert-OH is 1. The summed E-state index contributed by atoms with van der Waals surface area (Å²) in [5.41, 5.74) is 0. The molecule has 3 atom stereocenters. The van der Waals surface area contributed by atoms with Gasteiger partial charge in [-0.25, -0.2) is 0 Å². The zero-order chi connectivity index (χ0) is 13.7. The standard InChI is InChI=1S/C15H28N2O2/c1-12-6-2-3-8-14(12)16-15(19)10-17-9-5-4-7-13(17)11-18/h12-14,18H,2-11H2,1H3,(H,16,19)/t12?,13-,14?/m1/s1. The van der Waals surface area contributed by atoms with Crippen molar-refractivity contribution in [2.45, 2.75) is 64.0 Å². The zero-order valence-corrected chi connectivity index (χ0v) is 12.1. The van der Waals surface area contributed by atoms with Gasteiger partial charge in [0.2, 0.25) is 5.91 Å². The first-order valence-corrected chi connectivity index (χ1v) is 7.85. The molecule has 1 amide bonds. The van der Waals surface area contributed by atoms with Crippen LogP contribution in [0.2, 0.25) is 0 Å². The fourth-order valence-electron chi connectivity index (χ4n) is 3.44. The predicted octanol–water partition coefficient (Wildman–Crippen LogP) is 1.53. The third-order valence-electron chi connectivity index (χ3n) is 4.76. The van der Waals surface area contributed by atoms with Crippen molar-refractivity contribution in [3.8, 4) is 0 Å². The van der Waals surface area contributed by atoms with E-state index in [2.05, 4.69) is 17.1 Å². The van der Waals surface area contributed by atoms with Crippen LogP contribution in [0.15, 0.2) is 0 Å². The molecule has 2 rings (SSSR count). The van der Waals surface area contributed by atoms with Gasteiger partial charge in [-0.15, -0.1) is 0 Å². The molecule has 2 unspecified atom stereocenters. The van der Waals surface area contributed by atoms with Crippen LogP contribution >= 0.6 is 0 Å². The average Bonchev–Trinajstić information content (AvgIpc) is 2.42. The van der Waals surface area contributed by atoms with Crippen LogP contribution in [0.4, 0.5) is 0 Å². The van der Waals surface area contributed by atoms with Crippen molar-refractivity contribution in [3.05, 3.63) is 0 Å². The van der Waals surface area contributed by atoms with E-state index in [9.17, 15) is 9.90 Å². The number of carbonyl (C=O) groups excluding carboxylic acids is 1. The Morgan fingerprint density at radius 3 is 2.68 bits per heavy atom. The van der Waals surface area contributed by atoms with Crippen molar-refractivity contribution in [1.82, 2.24) is 10.2 Å². The number of rotatable bonds is 4. The molecule has 0 bridgehead atoms. The first-order valence-electron chi connectivity index (χ1n) is 7.85. The minimum Gasteiger partial charge on any atom is -0.395 e. The van der Waals surface area contributed by atoms with E-state index in [1.807, 2.05) is 0 Å². The fraction of sp³-hybridized carbons (Fsp3) is 0.933. The molecule has 1 saturated heterocycles. The monoisotopic (exact) mass is 268 g/mol. The lowest BCUT2D eigenvalue weighted by Crippen LogP contribution is -2.50. The molecule has 1 aliphatic carbocycles. The summed E-state index contributed by atoms with van der Waals surface area (Å²) in [6.07, 6.45) is 8.21. The number of piperidine rings is 1. The molecule has 2 fully saturated rings. The number of carbonyl (C=O) groups is 1. The van der Waals surface area contributed by atoms with Gasteiger partial charge in [-0.05, 0) is 38.1 Å². The Hall–Kier alpha value is -0.610. The van der Waals surface area contributed by atoms with Crippen molar-refractivity contribution < 1.29 is 9.90 Å². The first-order chi connectivity index (χ1) is 9.20. The summed E-state index contributed by atoms with van der Waals surface area (Å²) in [6.45, 7) is 3.81. The SMILES string of the molecule is CC1CCCCC1NC(=O)CN1CCCC[C@@H]1CO. The Labute approximate surface area is 116 Å². The van der Waals surface area contributed by atoms with Gasteiger partial charge in [-0.2, -0.15) is 0 Å². The maximum absolute atomic E-state index is 12.2. The number of nitrogens with one attached hydrogen (secondary N) is 1. The number of likely N-dealkylation sites (tertiary alicyclic amines) is 1. The summed E-state index contributed by atoms with van der Waals surface area (Å²) in [6, 6.07) is 0.543. The average molecular weight is 268 g/mol. The third kappa shape index (κ3) is 4.18. The van der Waals surface area contributed by atoms with Crippen molar-refractivity contribution in [2.24, 2.45) is 5.92 Å². The lowest BCUT2D eigenvalue weighted by atomic mass is 9.86. The maximum Gasteiger partial charge on any atom is 0.234 e. The minimum atomic E-state index is 0.138. The Morgan fingerprint density at radius 2 is 1.95 bits per heavy atom. The van der Waals surface area contributed by atoms with Gasteiger partial charge >= 0.3 is 0 Å². The topological polar surface area (TPSA) is 52.6 Å². The fourth-order valence-corrected chi connectivity index (χ4v) is 3.44. The van der Waals surface area contributed by atoms with Gasteiger partial charge in [0.1, 0.15) is 0 Å². The summed E-state index contributed by atoms with van der Waals surface area (Å²) in [7, 11) is 0. The summed E-state index contributed by atoms with van der Waals surface area (Å²) in [5.74, 6) is 0.742. The Morgan fingerprint density at radius 1 is 1.21 bits per heavy atom. The zero-order valence-electron chi connectivity index (χ0n) is 12.1. The summed E-state index contributed by atoms with van der Waals surface area (Å²) in [4.78, 5) is 14.3. The number of aliphatic hydroxyl groups is 1. The predicted molar refractivity (Wildman–Crippen MR) is 75.9 cm³/mol. The summed E-state index contributed by atoms with van der Waals surface area (Å²) >= 11 is 0. The van der Waals surface area contributed by atoms with E-state index in [0.29, 0.717) is 18.5 Å². The molecule has 2 aliphatic rings. The normalized spacial score (nSPS) is 33.1. The smallest absolute Gasteiger partial charge is 0.234 e. The largest absolute Gasteiger partial charge is 0.395 e. The quantitative estimate of drug-likeness (QED) is 0.813. The number of hydrogen-bond acceptors (Lipinski definition) is 3.